The average Bonchev–Trinajstić information content (AvgIpc) is 2.44. The normalized spacial score (nSPS) is 46.8. The number of nitrogens with two attached hydrogens (primary N) is 1. The molecule has 0 unspecified atom stereocenters. The maximum Gasteiger partial charge on any atom is 0.0417 e. The predicted molar refractivity (Wildman–Crippen MR) is 45.0 cm³/mol. The highest BCUT2D eigenvalue weighted by molar-refractivity contribution is 7.80. The van der Waals surface area contributed by atoms with Crippen LogP contribution in [0, 0.1) is 5.92 Å². The van der Waals surface area contributed by atoms with E-state index in [1.807, 2.05) is 0 Å². The Morgan fingerprint density at radius 3 is 2.70 bits per heavy atom. The molecule has 0 aromatic heterocycles. The van der Waals surface area contributed by atoms with Crippen molar-refractivity contribution in [2.75, 3.05) is 12.4 Å². The second-order valence-electron chi connectivity index (χ2n) is 3.46. The van der Waals surface area contributed by atoms with Crippen LogP contribution >= 0.6 is 12.6 Å². The van der Waals surface area contributed by atoms with Crippen molar-refractivity contribution in [1.29, 1.82) is 0 Å². The van der Waals surface area contributed by atoms with Crippen molar-refractivity contribution in [3.05, 3.63) is 0 Å². The molecule has 1 saturated heterocycles. The van der Waals surface area contributed by atoms with Gasteiger partial charge in [-0.1, -0.05) is 0 Å². The summed E-state index contributed by atoms with van der Waals surface area (Å²) in [6, 6.07) is 1.25. The van der Waals surface area contributed by atoms with E-state index in [1.54, 1.807) is 0 Å². The maximum atomic E-state index is 5.89. The van der Waals surface area contributed by atoms with Gasteiger partial charge >= 0.3 is 0 Å². The number of fused-ring (bicyclic) bond motifs is 2. The Morgan fingerprint density at radius 1 is 1.50 bits per heavy atom. The number of likely N-dealkylation sites (tertiary alicyclic amines) is 1. The lowest BCUT2D eigenvalue weighted by atomic mass is 10.0. The lowest BCUT2D eigenvalue weighted by Gasteiger charge is -2.27. The van der Waals surface area contributed by atoms with Crippen LogP contribution in [0.3, 0.4) is 0 Å². The Bertz CT molecular complexity index is 138. The highest BCUT2D eigenvalue weighted by Crippen LogP contribution is 2.36. The molecule has 3 atom stereocenters. The molecule has 2 rings (SSSR count). The third-order valence-corrected chi connectivity index (χ3v) is 3.25. The molecule has 0 amide bonds. The molecule has 0 aromatic carbocycles. The highest BCUT2D eigenvalue weighted by Gasteiger charge is 2.41. The molecule has 3 heteroatoms. The Kier molecular flexibility index (Phi) is 1.66. The Morgan fingerprint density at radius 2 is 2.30 bits per heavy atom. The van der Waals surface area contributed by atoms with Gasteiger partial charge in [-0.25, -0.2) is 0 Å². The van der Waals surface area contributed by atoms with E-state index < -0.39 is 0 Å². The predicted octanol–water partition coefficient (Wildman–Crippen LogP) is 0.295. The third-order valence-electron chi connectivity index (χ3n) is 2.89. The van der Waals surface area contributed by atoms with Crippen LogP contribution in [0.15, 0.2) is 0 Å². The van der Waals surface area contributed by atoms with Crippen molar-refractivity contribution in [2.24, 2.45) is 11.7 Å². The first-order valence-electron chi connectivity index (χ1n) is 3.91. The van der Waals surface area contributed by atoms with Crippen LogP contribution in [0.4, 0.5) is 0 Å². The summed E-state index contributed by atoms with van der Waals surface area (Å²) in [5, 5.41) is 0. The zero-order valence-electron chi connectivity index (χ0n) is 6.03. The van der Waals surface area contributed by atoms with Crippen LogP contribution in [0.25, 0.3) is 0 Å². The maximum absolute atomic E-state index is 5.89. The highest BCUT2D eigenvalue weighted by atomic mass is 32.1. The Hall–Kier alpha value is 0.270. The molecular weight excluding hydrogens is 144 g/mol. The second-order valence-corrected chi connectivity index (χ2v) is 3.74. The molecule has 2 bridgehead atoms. The molecule has 1 aliphatic carbocycles. The molecule has 1 saturated carbocycles. The fourth-order valence-corrected chi connectivity index (χ4v) is 2.61. The number of nitrogens with zero attached hydrogens (tertiary/aromatic N) is 1. The van der Waals surface area contributed by atoms with Crippen molar-refractivity contribution in [3.8, 4) is 0 Å². The molecule has 0 spiro atoms. The largest absolute Gasteiger partial charge is 0.327 e. The number of hydrogen-bond acceptors (Lipinski definition) is 3. The fraction of sp³-hybridized carbons (Fsp3) is 1.00. The van der Waals surface area contributed by atoms with Gasteiger partial charge in [0.25, 0.3) is 0 Å². The van der Waals surface area contributed by atoms with Crippen LogP contribution in [-0.2, 0) is 0 Å². The Balaban J connectivity index is 2.02. The minimum Gasteiger partial charge on any atom is -0.327 e. The number of thiol groups is 1. The fourth-order valence-electron chi connectivity index (χ4n) is 2.26. The summed E-state index contributed by atoms with van der Waals surface area (Å²) in [6.45, 7) is 1.19. The molecular formula is C7H14N2S. The minimum absolute atomic E-state index is 0.487. The van der Waals surface area contributed by atoms with Crippen LogP contribution in [0.5, 0.6) is 0 Å². The molecule has 2 fully saturated rings. The smallest absolute Gasteiger partial charge is 0.0417 e. The summed E-state index contributed by atoms with van der Waals surface area (Å²) >= 11 is 4.26. The molecule has 1 heterocycles. The SMILES string of the molecule is N[C@@H]1C[C@H]2C[C@@H]1CN2CS. The van der Waals surface area contributed by atoms with Crippen molar-refractivity contribution in [2.45, 2.75) is 24.9 Å². The molecule has 2 N–H and O–H groups in total. The van der Waals surface area contributed by atoms with E-state index in [9.17, 15) is 0 Å². The second kappa shape index (κ2) is 2.40. The number of piperidine rings is 1. The Labute approximate surface area is 67.2 Å². The molecule has 2 aliphatic rings. The van der Waals surface area contributed by atoms with Crippen LogP contribution in [0.2, 0.25) is 0 Å². The van der Waals surface area contributed by atoms with Crippen molar-refractivity contribution in [1.82, 2.24) is 4.90 Å². The summed E-state index contributed by atoms with van der Waals surface area (Å²) in [5.41, 5.74) is 5.89. The van der Waals surface area contributed by atoms with E-state index in [4.69, 9.17) is 5.73 Å². The summed E-state index contributed by atoms with van der Waals surface area (Å²) in [5.74, 6) is 1.69. The van der Waals surface area contributed by atoms with Crippen LogP contribution < -0.4 is 5.73 Å². The van der Waals surface area contributed by atoms with E-state index in [-0.39, 0.29) is 0 Å². The third kappa shape index (κ3) is 0.881. The lowest BCUT2D eigenvalue weighted by molar-refractivity contribution is 0.234. The quantitative estimate of drug-likeness (QED) is 0.537. The van der Waals surface area contributed by atoms with Gasteiger partial charge in [-0.2, -0.15) is 12.6 Å². The van der Waals surface area contributed by atoms with Crippen molar-refractivity contribution in [3.63, 3.8) is 0 Å². The van der Waals surface area contributed by atoms with Gasteiger partial charge in [-0.05, 0) is 18.8 Å². The van der Waals surface area contributed by atoms with Gasteiger partial charge in [0.15, 0.2) is 0 Å². The zero-order chi connectivity index (χ0) is 7.14. The topological polar surface area (TPSA) is 29.3 Å². The van der Waals surface area contributed by atoms with E-state index in [0.717, 1.165) is 17.8 Å². The summed E-state index contributed by atoms with van der Waals surface area (Å²) in [6.07, 6.45) is 2.52. The molecule has 0 radical (unpaired) electrons. The lowest BCUT2D eigenvalue weighted by Crippen LogP contribution is -2.40. The summed E-state index contributed by atoms with van der Waals surface area (Å²) in [4.78, 5) is 2.43. The molecule has 0 aromatic rings. The molecule has 1 aliphatic heterocycles. The first-order chi connectivity index (χ1) is 4.81. The first kappa shape index (κ1) is 6.95. The van der Waals surface area contributed by atoms with Crippen LogP contribution in [-0.4, -0.2) is 29.4 Å². The van der Waals surface area contributed by atoms with Gasteiger partial charge in [-0.15, -0.1) is 0 Å². The van der Waals surface area contributed by atoms with E-state index in [0.29, 0.717) is 6.04 Å². The van der Waals surface area contributed by atoms with Gasteiger partial charge < -0.3 is 5.73 Å². The van der Waals surface area contributed by atoms with Gasteiger partial charge in [-0.3, -0.25) is 4.90 Å². The number of rotatable bonds is 1. The van der Waals surface area contributed by atoms with E-state index in [2.05, 4.69) is 17.5 Å². The summed E-state index contributed by atoms with van der Waals surface area (Å²) < 4.78 is 0. The first-order valence-corrected chi connectivity index (χ1v) is 4.55. The van der Waals surface area contributed by atoms with Crippen molar-refractivity contribution >= 4 is 12.6 Å². The van der Waals surface area contributed by atoms with E-state index in [1.165, 1.54) is 19.4 Å². The number of hydrogen-bond donors (Lipinski definition) is 2. The van der Waals surface area contributed by atoms with Gasteiger partial charge in [0.2, 0.25) is 0 Å². The van der Waals surface area contributed by atoms with E-state index >= 15 is 0 Å². The summed E-state index contributed by atoms with van der Waals surface area (Å²) in [7, 11) is 0. The monoisotopic (exact) mass is 158 g/mol. The standard InChI is InChI=1S/C7H14N2S/c8-7-2-6-1-5(7)3-9(6)4-10/h5-7,10H,1-4,8H2/t5-,6-,7-/m1/s1. The van der Waals surface area contributed by atoms with Crippen molar-refractivity contribution < 1.29 is 0 Å². The average molecular weight is 158 g/mol. The molecule has 2 nitrogen and oxygen atoms in total. The molecule has 10 heavy (non-hydrogen) atoms. The van der Waals surface area contributed by atoms with Gasteiger partial charge in [0.1, 0.15) is 0 Å². The minimum atomic E-state index is 0.487. The van der Waals surface area contributed by atoms with Gasteiger partial charge in [0, 0.05) is 24.5 Å². The molecule has 58 valence electrons. The zero-order valence-corrected chi connectivity index (χ0v) is 6.93. The van der Waals surface area contributed by atoms with Crippen LogP contribution in [0.1, 0.15) is 12.8 Å². The van der Waals surface area contributed by atoms with Gasteiger partial charge in [0.05, 0.1) is 0 Å².